The van der Waals surface area contributed by atoms with E-state index in [1.165, 1.54) is 6.33 Å². The van der Waals surface area contributed by atoms with E-state index >= 15 is 0 Å². The Morgan fingerprint density at radius 3 is 2.85 bits per heavy atom. The molecule has 3 heterocycles. The number of nitrogens with one attached hydrogen (secondary N) is 1. The van der Waals surface area contributed by atoms with E-state index in [0.29, 0.717) is 29.9 Å². The van der Waals surface area contributed by atoms with Gasteiger partial charge in [-0.3, -0.25) is 4.57 Å². The summed E-state index contributed by atoms with van der Waals surface area (Å²) < 4.78 is 7.39. The van der Waals surface area contributed by atoms with Crippen molar-refractivity contribution in [2.75, 3.05) is 11.9 Å². The fourth-order valence-corrected chi connectivity index (χ4v) is 3.08. The number of para-hydroxylation sites is 1. The zero-order valence-electron chi connectivity index (χ0n) is 13.9. The van der Waals surface area contributed by atoms with Crippen LogP contribution in [0.5, 0.6) is 5.75 Å². The zero-order chi connectivity index (χ0) is 18.1. The molecule has 3 atom stereocenters. The Hall–Kier alpha value is -2.75. The standard InChI is InChI=1S/C17H19N5O4/c23-7-13-12(25)5-14(26-13)22-9-21-15-16(19-8-20-17(15)22)18-6-10-3-1-2-4-11(10)24/h1-4,8-9,12-14,23-25H,5-7H2,(H,18,19,20)/t12-,13+,14+/m0/s1. The highest BCUT2D eigenvalue weighted by atomic mass is 16.5. The van der Waals surface area contributed by atoms with Crippen molar-refractivity contribution in [2.24, 2.45) is 0 Å². The normalized spacial score (nSPS) is 22.8. The van der Waals surface area contributed by atoms with Crippen molar-refractivity contribution in [1.82, 2.24) is 19.5 Å². The first-order valence-electron chi connectivity index (χ1n) is 8.30. The van der Waals surface area contributed by atoms with Gasteiger partial charge in [0, 0.05) is 18.5 Å². The number of aliphatic hydroxyl groups excluding tert-OH is 2. The lowest BCUT2D eigenvalue weighted by atomic mass is 10.2. The monoisotopic (exact) mass is 357 g/mol. The maximum atomic E-state index is 9.93. The number of phenolic OH excluding ortho intramolecular Hbond substituents is 1. The van der Waals surface area contributed by atoms with E-state index in [1.807, 2.05) is 12.1 Å². The first kappa shape index (κ1) is 16.7. The maximum Gasteiger partial charge on any atom is 0.167 e. The van der Waals surface area contributed by atoms with Crippen molar-refractivity contribution in [1.29, 1.82) is 0 Å². The first-order valence-corrected chi connectivity index (χ1v) is 8.30. The number of benzene rings is 1. The molecule has 1 fully saturated rings. The summed E-state index contributed by atoms with van der Waals surface area (Å²) in [6, 6.07) is 7.06. The average Bonchev–Trinajstić information content (AvgIpc) is 3.24. The van der Waals surface area contributed by atoms with Gasteiger partial charge < -0.3 is 25.4 Å². The molecule has 0 radical (unpaired) electrons. The van der Waals surface area contributed by atoms with Crippen LogP contribution >= 0.6 is 0 Å². The van der Waals surface area contributed by atoms with E-state index in [9.17, 15) is 15.3 Å². The number of aliphatic hydroxyl groups is 2. The van der Waals surface area contributed by atoms with Gasteiger partial charge in [-0.25, -0.2) is 15.0 Å². The lowest BCUT2D eigenvalue weighted by Crippen LogP contribution is -2.24. The second-order valence-corrected chi connectivity index (χ2v) is 6.14. The van der Waals surface area contributed by atoms with Crippen molar-refractivity contribution in [3.05, 3.63) is 42.5 Å². The van der Waals surface area contributed by atoms with E-state index in [1.54, 1.807) is 23.0 Å². The molecule has 26 heavy (non-hydrogen) atoms. The quantitative estimate of drug-likeness (QED) is 0.528. The van der Waals surface area contributed by atoms with Crippen LogP contribution in [-0.4, -0.2) is 53.7 Å². The molecule has 4 N–H and O–H groups in total. The number of aromatic nitrogens is 4. The van der Waals surface area contributed by atoms with Crippen LogP contribution in [0.25, 0.3) is 11.2 Å². The Kier molecular flexibility index (Phi) is 4.41. The van der Waals surface area contributed by atoms with Crippen molar-refractivity contribution >= 4 is 17.0 Å². The molecule has 136 valence electrons. The molecule has 1 saturated heterocycles. The van der Waals surface area contributed by atoms with Crippen molar-refractivity contribution in [3.63, 3.8) is 0 Å². The molecule has 9 heteroatoms. The Balaban J connectivity index is 1.58. The van der Waals surface area contributed by atoms with E-state index in [0.717, 1.165) is 5.56 Å². The summed E-state index contributed by atoms with van der Waals surface area (Å²) in [6.45, 7) is 0.142. The number of rotatable bonds is 5. The Morgan fingerprint density at radius 1 is 1.23 bits per heavy atom. The van der Waals surface area contributed by atoms with Crippen LogP contribution in [0.3, 0.4) is 0 Å². The molecule has 1 aliphatic heterocycles. The van der Waals surface area contributed by atoms with Gasteiger partial charge in [0.05, 0.1) is 19.0 Å². The summed E-state index contributed by atoms with van der Waals surface area (Å²) in [4.78, 5) is 12.9. The molecule has 1 aliphatic rings. The molecule has 9 nitrogen and oxygen atoms in total. The third-order valence-electron chi connectivity index (χ3n) is 4.49. The second-order valence-electron chi connectivity index (χ2n) is 6.14. The molecule has 0 saturated carbocycles. The number of nitrogens with zero attached hydrogens (tertiary/aromatic N) is 4. The summed E-state index contributed by atoms with van der Waals surface area (Å²) >= 11 is 0. The van der Waals surface area contributed by atoms with Crippen LogP contribution in [0, 0.1) is 0 Å². The highest BCUT2D eigenvalue weighted by Gasteiger charge is 2.35. The maximum absolute atomic E-state index is 9.93. The van der Waals surface area contributed by atoms with Gasteiger partial charge in [0.2, 0.25) is 0 Å². The highest BCUT2D eigenvalue weighted by molar-refractivity contribution is 5.82. The molecule has 4 rings (SSSR count). The minimum absolute atomic E-state index is 0.208. The highest BCUT2D eigenvalue weighted by Crippen LogP contribution is 2.31. The number of imidazole rings is 1. The third kappa shape index (κ3) is 2.96. The van der Waals surface area contributed by atoms with Gasteiger partial charge in [-0.2, -0.15) is 0 Å². The van der Waals surface area contributed by atoms with Gasteiger partial charge >= 0.3 is 0 Å². The SMILES string of the molecule is OC[C@H]1O[C@@H](n2cnc3c(NCc4ccccc4O)ncnc32)C[C@@H]1O. The van der Waals surface area contributed by atoms with Gasteiger partial charge in [0.15, 0.2) is 17.0 Å². The minimum Gasteiger partial charge on any atom is -0.508 e. The molecule has 1 aromatic carbocycles. The summed E-state index contributed by atoms with van der Waals surface area (Å²) in [5.41, 5.74) is 1.87. The molecular weight excluding hydrogens is 338 g/mol. The van der Waals surface area contributed by atoms with Crippen molar-refractivity contribution < 1.29 is 20.1 Å². The van der Waals surface area contributed by atoms with Crippen molar-refractivity contribution in [3.8, 4) is 5.75 Å². The van der Waals surface area contributed by atoms with E-state index in [-0.39, 0.29) is 12.4 Å². The lowest BCUT2D eigenvalue weighted by Gasteiger charge is -2.13. The van der Waals surface area contributed by atoms with Crippen molar-refractivity contribution in [2.45, 2.75) is 31.4 Å². The topological polar surface area (TPSA) is 126 Å². The summed E-state index contributed by atoms with van der Waals surface area (Å²) in [7, 11) is 0. The second kappa shape index (κ2) is 6.87. The van der Waals surface area contributed by atoms with E-state index < -0.39 is 18.4 Å². The number of phenols is 1. The molecule has 0 aliphatic carbocycles. The van der Waals surface area contributed by atoms with Gasteiger partial charge in [0.25, 0.3) is 0 Å². The van der Waals surface area contributed by atoms with E-state index in [4.69, 9.17) is 4.74 Å². The average molecular weight is 357 g/mol. The predicted octanol–water partition coefficient (Wildman–Crippen LogP) is 0.785. The number of hydrogen-bond donors (Lipinski definition) is 4. The molecule has 3 aromatic rings. The van der Waals surface area contributed by atoms with Crippen LogP contribution < -0.4 is 5.32 Å². The summed E-state index contributed by atoms with van der Waals surface area (Å²) in [5.74, 6) is 0.744. The fourth-order valence-electron chi connectivity index (χ4n) is 3.08. The molecule has 2 aromatic heterocycles. The number of fused-ring (bicyclic) bond motifs is 1. The Bertz CT molecular complexity index is 915. The first-order chi connectivity index (χ1) is 12.7. The molecule has 0 bridgehead atoms. The van der Waals surface area contributed by atoms with Gasteiger partial charge in [-0.15, -0.1) is 0 Å². The van der Waals surface area contributed by atoms with Gasteiger partial charge in [-0.1, -0.05) is 18.2 Å². The molecular formula is C17H19N5O4. The zero-order valence-corrected chi connectivity index (χ0v) is 13.9. The van der Waals surface area contributed by atoms with Crippen LogP contribution in [0.2, 0.25) is 0 Å². The predicted molar refractivity (Wildman–Crippen MR) is 92.4 cm³/mol. The minimum atomic E-state index is -0.733. The van der Waals surface area contributed by atoms with Crippen LogP contribution in [0.4, 0.5) is 5.82 Å². The van der Waals surface area contributed by atoms with E-state index in [2.05, 4.69) is 20.3 Å². The summed E-state index contributed by atoms with van der Waals surface area (Å²) in [5, 5.41) is 32.2. The number of aromatic hydroxyl groups is 1. The number of ether oxygens (including phenoxy) is 1. The third-order valence-corrected chi connectivity index (χ3v) is 4.49. The van der Waals surface area contributed by atoms with Crippen LogP contribution in [-0.2, 0) is 11.3 Å². The Morgan fingerprint density at radius 2 is 2.08 bits per heavy atom. The molecule has 0 unspecified atom stereocenters. The lowest BCUT2D eigenvalue weighted by molar-refractivity contribution is -0.0432. The van der Waals surface area contributed by atoms with Gasteiger partial charge in [0.1, 0.15) is 24.4 Å². The smallest absolute Gasteiger partial charge is 0.167 e. The molecule has 0 spiro atoms. The largest absolute Gasteiger partial charge is 0.508 e. The fraction of sp³-hybridized carbons (Fsp3) is 0.353. The number of anilines is 1. The Labute approximate surface area is 148 Å². The molecule has 0 amide bonds. The van der Waals surface area contributed by atoms with Crippen LogP contribution in [0.15, 0.2) is 36.9 Å². The number of hydrogen-bond acceptors (Lipinski definition) is 8. The van der Waals surface area contributed by atoms with Gasteiger partial charge in [-0.05, 0) is 6.07 Å². The van der Waals surface area contributed by atoms with Crippen LogP contribution in [0.1, 0.15) is 18.2 Å². The summed E-state index contributed by atoms with van der Waals surface area (Å²) in [6.07, 6.45) is 1.56.